The zero-order valence-electron chi connectivity index (χ0n) is 12.7. The first-order chi connectivity index (χ1) is 10.6. The number of amides is 2. The normalized spacial score (nSPS) is 22.5. The minimum absolute atomic E-state index is 0.00562. The van der Waals surface area contributed by atoms with E-state index in [4.69, 9.17) is 4.74 Å². The van der Waals surface area contributed by atoms with Crippen molar-refractivity contribution in [2.24, 2.45) is 7.05 Å². The number of imidazole rings is 1. The van der Waals surface area contributed by atoms with Crippen LogP contribution >= 0.6 is 11.3 Å². The Balaban J connectivity index is 1.60. The van der Waals surface area contributed by atoms with Gasteiger partial charge in [-0.05, 0) is 24.8 Å². The molecule has 3 heterocycles. The first-order valence-corrected chi connectivity index (χ1v) is 8.22. The van der Waals surface area contributed by atoms with Crippen LogP contribution in [0, 0.1) is 0 Å². The molecule has 1 aliphatic heterocycles. The molecule has 3 rings (SSSR count). The summed E-state index contributed by atoms with van der Waals surface area (Å²) >= 11 is 1.64. The van der Waals surface area contributed by atoms with E-state index in [0.29, 0.717) is 6.61 Å². The highest BCUT2D eigenvalue weighted by Crippen LogP contribution is 2.27. The molecule has 7 heteroatoms. The lowest BCUT2D eigenvalue weighted by Crippen LogP contribution is -2.44. The van der Waals surface area contributed by atoms with Crippen molar-refractivity contribution in [1.29, 1.82) is 0 Å². The van der Waals surface area contributed by atoms with Crippen LogP contribution in [0.5, 0.6) is 0 Å². The Hall–Kier alpha value is -1.86. The molecule has 2 aromatic rings. The van der Waals surface area contributed by atoms with Gasteiger partial charge in [-0.25, -0.2) is 9.78 Å². The quantitative estimate of drug-likeness (QED) is 0.909. The Morgan fingerprint density at radius 2 is 2.45 bits per heavy atom. The SMILES string of the molecule is CC(NC(=O)N[C@H]1CCO[C@@H]1c1nccn1C)c1cccs1. The van der Waals surface area contributed by atoms with E-state index >= 15 is 0 Å². The van der Waals surface area contributed by atoms with E-state index < -0.39 is 0 Å². The van der Waals surface area contributed by atoms with Crippen molar-refractivity contribution >= 4 is 17.4 Å². The van der Waals surface area contributed by atoms with Crippen LogP contribution in [0.1, 0.15) is 36.2 Å². The Kier molecular flexibility index (Phi) is 4.44. The molecule has 22 heavy (non-hydrogen) atoms. The van der Waals surface area contributed by atoms with Crippen molar-refractivity contribution in [3.63, 3.8) is 0 Å². The first kappa shape index (κ1) is 15.1. The van der Waals surface area contributed by atoms with Gasteiger partial charge in [-0.15, -0.1) is 11.3 Å². The number of ether oxygens (including phenoxy) is 1. The van der Waals surface area contributed by atoms with Gasteiger partial charge in [0.1, 0.15) is 11.9 Å². The number of urea groups is 1. The van der Waals surface area contributed by atoms with Crippen molar-refractivity contribution in [3.8, 4) is 0 Å². The molecule has 0 spiro atoms. The maximum atomic E-state index is 12.2. The summed E-state index contributed by atoms with van der Waals surface area (Å²) in [5.41, 5.74) is 0. The summed E-state index contributed by atoms with van der Waals surface area (Å²) < 4.78 is 7.67. The van der Waals surface area contributed by atoms with Crippen LogP contribution in [-0.4, -0.2) is 28.2 Å². The Morgan fingerprint density at radius 3 is 3.14 bits per heavy atom. The number of aryl methyl sites for hydroxylation is 1. The molecule has 2 amide bonds. The fourth-order valence-corrected chi connectivity index (χ4v) is 3.39. The van der Waals surface area contributed by atoms with E-state index in [0.717, 1.165) is 17.1 Å². The molecule has 0 bridgehead atoms. The van der Waals surface area contributed by atoms with E-state index in [1.54, 1.807) is 17.5 Å². The summed E-state index contributed by atoms with van der Waals surface area (Å²) in [6, 6.07) is 3.77. The number of nitrogens with zero attached hydrogens (tertiary/aromatic N) is 2. The minimum Gasteiger partial charge on any atom is -0.368 e. The lowest BCUT2D eigenvalue weighted by molar-refractivity contribution is 0.0907. The van der Waals surface area contributed by atoms with Crippen LogP contribution in [0.15, 0.2) is 29.9 Å². The average molecular weight is 320 g/mol. The van der Waals surface area contributed by atoms with Crippen molar-refractivity contribution in [2.45, 2.75) is 31.5 Å². The van der Waals surface area contributed by atoms with Crippen LogP contribution in [0.2, 0.25) is 0 Å². The predicted molar refractivity (Wildman–Crippen MR) is 84.7 cm³/mol. The lowest BCUT2D eigenvalue weighted by atomic mass is 10.1. The zero-order chi connectivity index (χ0) is 15.5. The Bertz CT molecular complexity index is 625. The molecule has 3 atom stereocenters. The minimum atomic E-state index is -0.192. The van der Waals surface area contributed by atoms with Crippen molar-refractivity contribution in [3.05, 3.63) is 40.6 Å². The second kappa shape index (κ2) is 6.50. The van der Waals surface area contributed by atoms with Gasteiger partial charge in [0, 0.05) is 30.9 Å². The molecular weight excluding hydrogens is 300 g/mol. The number of aromatic nitrogens is 2. The summed E-state index contributed by atoms with van der Waals surface area (Å²) in [4.78, 5) is 17.7. The van der Waals surface area contributed by atoms with E-state index in [2.05, 4.69) is 15.6 Å². The number of rotatable bonds is 4. The molecule has 2 aromatic heterocycles. The van der Waals surface area contributed by atoms with E-state index in [9.17, 15) is 4.79 Å². The Labute approximate surface area is 133 Å². The van der Waals surface area contributed by atoms with Gasteiger partial charge in [0.05, 0.1) is 12.1 Å². The standard InChI is InChI=1S/C15H20N4O2S/c1-10(12-4-3-9-22-12)17-15(20)18-11-5-8-21-13(11)14-16-6-7-19(14)2/h3-4,6-7,9-11,13H,5,8H2,1-2H3,(H2,17,18,20)/t10?,11-,13-/m0/s1. The highest BCUT2D eigenvalue weighted by atomic mass is 32.1. The van der Waals surface area contributed by atoms with Crippen molar-refractivity contribution in [2.75, 3.05) is 6.61 Å². The second-order valence-electron chi connectivity index (χ2n) is 5.44. The highest BCUT2D eigenvalue weighted by Gasteiger charge is 2.33. The largest absolute Gasteiger partial charge is 0.368 e. The number of nitrogens with one attached hydrogen (secondary N) is 2. The molecule has 6 nitrogen and oxygen atoms in total. The Morgan fingerprint density at radius 1 is 1.59 bits per heavy atom. The number of hydrogen-bond donors (Lipinski definition) is 2. The second-order valence-corrected chi connectivity index (χ2v) is 6.42. The molecule has 1 unspecified atom stereocenters. The predicted octanol–water partition coefficient (Wildman–Crippen LogP) is 2.37. The summed E-state index contributed by atoms with van der Waals surface area (Å²) in [6.45, 7) is 2.61. The molecule has 0 radical (unpaired) electrons. The molecular formula is C15H20N4O2S. The van der Waals surface area contributed by atoms with Gasteiger partial charge in [-0.2, -0.15) is 0 Å². The number of hydrogen-bond acceptors (Lipinski definition) is 4. The number of carbonyl (C=O) groups is 1. The summed E-state index contributed by atoms with van der Waals surface area (Å²) in [5, 5.41) is 7.99. The fraction of sp³-hybridized carbons (Fsp3) is 0.467. The lowest BCUT2D eigenvalue weighted by Gasteiger charge is -2.21. The van der Waals surface area contributed by atoms with Gasteiger partial charge in [-0.1, -0.05) is 6.07 Å². The van der Waals surface area contributed by atoms with E-state index in [-0.39, 0.29) is 24.2 Å². The average Bonchev–Trinajstić information content (AvgIpc) is 3.19. The topological polar surface area (TPSA) is 68.2 Å². The van der Waals surface area contributed by atoms with Gasteiger partial charge in [-0.3, -0.25) is 0 Å². The molecule has 1 fully saturated rings. The molecule has 2 N–H and O–H groups in total. The van der Waals surface area contributed by atoms with Crippen LogP contribution in [0.3, 0.4) is 0 Å². The zero-order valence-corrected chi connectivity index (χ0v) is 13.5. The molecule has 0 aromatic carbocycles. The molecule has 1 saturated heterocycles. The summed E-state index contributed by atoms with van der Waals surface area (Å²) in [6.07, 6.45) is 4.22. The fourth-order valence-electron chi connectivity index (χ4n) is 2.66. The van der Waals surface area contributed by atoms with Gasteiger partial charge in [0.2, 0.25) is 0 Å². The molecule has 0 aliphatic carbocycles. The summed E-state index contributed by atoms with van der Waals surface area (Å²) in [7, 11) is 1.93. The summed E-state index contributed by atoms with van der Waals surface area (Å²) in [5.74, 6) is 0.842. The smallest absolute Gasteiger partial charge is 0.315 e. The third-order valence-corrected chi connectivity index (χ3v) is 4.89. The first-order valence-electron chi connectivity index (χ1n) is 7.34. The van der Waals surface area contributed by atoms with Gasteiger partial charge in [0.25, 0.3) is 0 Å². The van der Waals surface area contributed by atoms with Crippen molar-refractivity contribution in [1.82, 2.24) is 20.2 Å². The molecule has 0 saturated carbocycles. The van der Waals surface area contributed by atoms with Crippen LogP contribution in [-0.2, 0) is 11.8 Å². The highest BCUT2D eigenvalue weighted by molar-refractivity contribution is 7.10. The van der Waals surface area contributed by atoms with E-state index in [1.165, 1.54) is 0 Å². The third-order valence-electron chi connectivity index (χ3n) is 3.84. The maximum Gasteiger partial charge on any atom is 0.315 e. The monoisotopic (exact) mass is 320 g/mol. The van der Waals surface area contributed by atoms with E-state index in [1.807, 2.05) is 42.2 Å². The van der Waals surface area contributed by atoms with Gasteiger partial charge < -0.3 is 19.9 Å². The van der Waals surface area contributed by atoms with Crippen LogP contribution < -0.4 is 10.6 Å². The number of carbonyl (C=O) groups excluding carboxylic acids is 1. The number of thiophene rings is 1. The molecule has 1 aliphatic rings. The third kappa shape index (κ3) is 3.15. The van der Waals surface area contributed by atoms with Crippen LogP contribution in [0.4, 0.5) is 4.79 Å². The van der Waals surface area contributed by atoms with Gasteiger partial charge in [0.15, 0.2) is 0 Å². The van der Waals surface area contributed by atoms with Crippen molar-refractivity contribution < 1.29 is 9.53 Å². The van der Waals surface area contributed by atoms with Gasteiger partial charge >= 0.3 is 6.03 Å². The van der Waals surface area contributed by atoms with Crippen LogP contribution in [0.25, 0.3) is 0 Å². The maximum absolute atomic E-state index is 12.2. The molecule has 118 valence electrons.